The minimum atomic E-state index is -0.656. The van der Waals surface area contributed by atoms with Gasteiger partial charge in [0.15, 0.2) is 0 Å². The molecule has 0 saturated heterocycles. The van der Waals surface area contributed by atoms with E-state index in [1.54, 1.807) is 48.8 Å². The van der Waals surface area contributed by atoms with E-state index in [4.69, 9.17) is 9.15 Å². The molecule has 3 heterocycles. The van der Waals surface area contributed by atoms with Crippen LogP contribution in [0.5, 0.6) is 0 Å². The van der Waals surface area contributed by atoms with E-state index in [9.17, 15) is 19.7 Å². The fraction of sp³-hybridized carbons (Fsp3) is 0.226. The minimum Gasteiger partial charge on any atom is -0.463 e. The Balaban J connectivity index is 1.61. The number of carbonyl (C=O) groups is 1. The summed E-state index contributed by atoms with van der Waals surface area (Å²) in [7, 11) is 3.89. The number of thiazole rings is 1. The molecule has 1 aliphatic rings. The van der Waals surface area contributed by atoms with Gasteiger partial charge in [0.2, 0.25) is 0 Å². The predicted octanol–water partition coefficient (Wildman–Crippen LogP) is 4.54. The summed E-state index contributed by atoms with van der Waals surface area (Å²) in [5.41, 5.74) is 3.81. The molecule has 9 nitrogen and oxygen atoms in total. The van der Waals surface area contributed by atoms with E-state index in [1.165, 1.54) is 17.4 Å². The van der Waals surface area contributed by atoms with E-state index in [0.29, 0.717) is 37.4 Å². The molecule has 0 saturated carbocycles. The summed E-state index contributed by atoms with van der Waals surface area (Å²) >= 11 is 1.30. The third-order valence-electron chi connectivity index (χ3n) is 6.99. The standard InChI is InChI=1S/C31H29N3O6S/c1-6-39-31(36)28-19(3)15-27-33(29(28)20-9-11-22(12-10-20)32(4)5)30(35)26(41-27)17-23-13-14-25(40-23)21-8-7-18(2)24(16-21)34(37)38/h7-17,29H,6H2,1-5H3/b26-17+. The summed E-state index contributed by atoms with van der Waals surface area (Å²) in [6, 6.07) is 15.5. The molecule has 210 valence electrons. The molecule has 0 bridgehead atoms. The highest BCUT2D eigenvalue weighted by Crippen LogP contribution is 2.32. The Morgan fingerprint density at radius 3 is 2.54 bits per heavy atom. The number of hydrogen-bond acceptors (Lipinski definition) is 8. The lowest BCUT2D eigenvalue weighted by atomic mass is 9.92. The number of fused-ring (bicyclic) bond motifs is 1. The van der Waals surface area contributed by atoms with Crippen molar-refractivity contribution in [1.29, 1.82) is 0 Å². The highest BCUT2D eigenvalue weighted by atomic mass is 32.1. The zero-order valence-electron chi connectivity index (χ0n) is 23.3. The monoisotopic (exact) mass is 571 g/mol. The Morgan fingerprint density at radius 2 is 1.88 bits per heavy atom. The molecule has 10 heteroatoms. The molecule has 4 aromatic rings. The first-order chi connectivity index (χ1) is 19.6. The topological polar surface area (TPSA) is 108 Å². The van der Waals surface area contributed by atoms with Crippen molar-refractivity contribution < 1.29 is 18.9 Å². The van der Waals surface area contributed by atoms with E-state index >= 15 is 0 Å². The molecule has 0 aliphatic carbocycles. The van der Waals surface area contributed by atoms with Crippen molar-refractivity contribution >= 4 is 40.8 Å². The Kier molecular flexibility index (Phi) is 7.51. The number of rotatable bonds is 7. The Labute approximate surface area is 240 Å². The summed E-state index contributed by atoms with van der Waals surface area (Å²) in [5.74, 6) is 0.426. The van der Waals surface area contributed by atoms with Gasteiger partial charge in [0, 0.05) is 43.1 Å². The van der Waals surface area contributed by atoms with Gasteiger partial charge in [-0.1, -0.05) is 24.3 Å². The lowest BCUT2D eigenvalue weighted by molar-refractivity contribution is -0.385. The maximum atomic E-state index is 13.9. The zero-order chi connectivity index (χ0) is 29.4. The Bertz CT molecular complexity index is 1880. The summed E-state index contributed by atoms with van der Waals surface area (Å²) in [5, 5.41) is 11.4. The number of allylic oxidation sites excluding steroid dienone is 1. The fourth-order valence-corrected chi connectivity index (χ4v) is 6.00. The normalized spacial score (nSPS) is 15.0. The van der Waals surface area contributed by atoms with Gasteiger partial charge in [-0.05, 0) is 62.2 Å². The minimum absolute atomic E-state index is 0.00840. The van der Waals surface area contributed by atoms with Gasteiger partial charge in [-0.25, -0.2) is 4.79 Å². The molecule has 2 aromatic carbocycles. The van der Waals surface area contributed by atoms with Gasteiger partial charge in [-0.3, -0.25) is 19.5 Å². The number of anilines is 1. The molecule has 1 aliphatic heterocycles. The number of hydrogen-bond donors (Lipinski definition) is 0. The number of nitro groups is 1. The van der Waals surface area contributed by atoms with Crippen LogP contribution in [0, 0.1) is 17.0 Å². The van der Waals surface area contributed by atoms with Crippen molar-refractivity contribution in [3.63, 3.8) is 0 Å². The first-order valence-corrected chi connectivity index (χ1v) is 13.9. The summed E-state index contributed by atoms with van der Waals surface area (Å²) in [6.07, 6.45) is 3.49. The summed E-state index contributed by atoms with van der Waals surface area (Å²) in [6.45, 7) is 5.50. The van der Waals surface area contributed by atoms with E-state index in [1.807, 2.05) is 56.3 Å². The van der Waals surface area contributed by atoms with Crippen molar-refractivity contribution in [3.8, 4) is 11.3 Å². The fourth-order valence-electron chi connectivity index (χ4n) is 4.89. The van der Waals surface area contributed by atoms with Crippen LogP contribution in [0.1, 0.15) is 36.8 Å². The maximum Gasteiger partial charge on any atom is 0.336 e. The molecule has 0 spiro atoms. The van der Waals surface area contributed by atoms with Crippen LogP contribution in [0.3, 0.4) is 0 Å². The van der Waals surface area contributed by atoms with Gasteiger partial charge in [0.25, 0.3) is 11.2 Å². The SMILES string of the molecule is CCOC(=O)C1=C(C)C=c2s/c(=C/c3ccc(-c4ccc(C)c([N+](=O)[O-])c4)o3)c(=O)n2C1c1ccc(N(C)C)cc1. The number of carbonyl (C=O) groups excluding carboxylic acids is 1. The average Bonchev–Trinajstić information content (AvgIpc) is 3.52. The van der Waals surface area contributed by atoms with Gasteiger partial charge in [-0.2, -0.15) is 0 Å². The average molecular weight is 572 g/mol. The lowest BCUT2D eigenvalue weighted by Gasteiger charge is -2.26. The number of benzene rings is 2. The second-order valence-corrected chi connectivity index (χ2v) is 11.0. The first kappa shape index (κ1) is 27.9. The third kappa shape index (κ3) is 5.26. The van der Waals surface area contributed by atoms with Crippen LogP contribution in [0.2, 0.25) is 0 Å². The molecule has 5 rings (SSSR count). The van der Waals surface area contributed by atoms with Crippen molar-refractivity contribution in [3.05, 3.63) is 112 Å². The van der Waals surface area contributed by atoms with E-state index in [2.05, 4.69) is 0 Å². The maximum absolute atomic E-state index is 13.9. The summed E-state index contributed by atoms with van der Waals surface area (Å²) in [4.78, 5) is 39.9. The molecule has 1 unspecified atom stereocenters. The molecule has 41 heavy (non-hydrogen) atoms. The van der Waals surface area contributed by atoms with Gasteiger partial charge in [0.05, 0.1) is 32.3 Å². The Morgan fingerprint density at radius 1 is 1.15 bits per heavy atom. The van der Waals surface area contributed by atoms with Crippen molar-refractivity contribution in [2.75, 3.05) is 25.6 Å². The molecule has 0 radical (unpaired) electrons. The Hall–Kier alpha value is -4.70. The molecule has 2 aromatic heterocycles. The number of nitro benzene ring substituents is 1. The number of furan rings is 1. The molecule has 1 atom stereocenters. The van der Waals surface area contributed by atoms with Crippen molar-refractivity contribution in [1.82, 2.24) is 4.57 Å². The number of aromatic nitrogens is 1. The zero-order valence-corrected chi connectivity index (χ0v) is 24.2. The number of ether oxygens (including phenoxy) is 1. The molecular weight excluding hydrogens is 542 g/mol. The van der Waals surface area contributed by atoms with Crippen LogP contribution in [0.25, 0.3) is 23.5 Å². The van der Waals surface area contributed by atoms with Gasteiger partial charge in [-0.15, -0.1) is 11.3 Å². The molecule has 0 N–H and O–H groups in total. The highest BCUT2D eigenvalue weighted by Gasteiger charge is 2.32. The van der Waals surface area contributed by atoms with Crippen LogP contribution < -0.4 is 19.7 Å². The van der Waals surface area contributed by atoms with Crippen molar-refractivity contribution in [2.45, 2.75) is 26.8 Å². The molecular formula is C31H29N3O6S. The number of esters is 1. The predicted molar refractivity (Wildman–Crippen MR) is 160 cm³/mol. The van der Waals surface area contributed by atoms with Crippen LogP contribution in [0.15, 0.2) is 75.0 Å². The summed E-state index contributed by atoms with van der Waals surface area (Å²) < 4.78 is 14.1. The second-order valence-electron chi connectivity index (χ2n) is 9.93. The second kappa shape index (κ2) is 11.1. The number of aryl methyl sites for hydroxylation is 1. The number of nitrogens with zero attached hydrogens (tertiary/aromatic N) is 3. The van der Waals surface area contributed by atoms with Gasteiger partial charge < -0.3 is 14.1 Å². The van der Waals surface area contributed by atoms with E-state index in [0.717, 1.165) is 16.8 Å². The van der Waals surface area contributed by atoms with Crippen LogP contribution in [0.4, 0.5) is 11.4 Å². The molecule has 0 amide bonds. The van der Waals surface area contributed by atoms with Crippen LogP contribution in [-0.4, -0.2) is 36.2 Å². The highest BCUT2D eigenvalue weighted by molar-refractivity contribution is 7.07. The van der Waals surface area contributed by atoms with Crippen LogP contribution in [-0.2, 0) is 9.53 Å². The quantitative estimate of drug-likeness (QED) is 0.182. The first-order valence-electron chi connectivity index (χ1n) is 13.0. The third-order valence-corrected chi connectivity index (χ3v) is 8.03. The van der Waals surface area contributed by atoms with E-state index < -0.39 is 16.9 Å². The van der Waals surface area contributed by atoms with Gasteiger partial charge >= 0.3 is 5.97 Å². The van der Waals surface area contributed by atoms with Gasteiger partial charge in [0.1, 0.15) is 11.5 Å². The largest absolute Gasteiger partial charge is 0.463 e. The van der Waals surface area contributed by atoms with Crippen molar-refractivity contribution in [2.24, 2.45) is 0 Å². The smallest absolute Gasteiger partial charge is 0.336 e. The molecule has 0 fully saturated rings. The lowest BCUT2D eigenvalue weighted by Crippen LogP contribution is -2.39. The van der Waals surface area contributed by atoms with Crippen LogP contribution >= 0.6 is 11.3 Å². The van der Waals surface area contributed by atoms with E-state index in [-0.39, 0.29) is 17.9 Å².